The molecule has 0 unspecified atom stereocenters. The Morgan fingerprint density at radius 3 is 2.38 bits per heavy atom. The Morgan fingerprint density at radius 1 is 1.38 bits per heavy atom. The zero-order valence-electron chi connectivity index (χ0n) is 10.1. The number of hydrogen-bond acceptors (Lipinski definition) is 2. The van der Waals surface area contributed by atoms with Crippen LogP contribution in [-0.4, -0.2) is 15.5 Å². The summed E-state index contributed by atoms with van der Waals surface area (Å²) in [6.07, 6.45) is 8.95. The molecule has 0 aliphatic rings. The van der Waals surface area contributed by atoms with E-state index in [0.717, 1.165) is 12.3 Å². The molecule has 0 amide bonds. The monoisotopic (exact) mass is 352 g/mol. The fourth-order valence-corrected chi connectivity index (χ4v) is 3.18. The molecule has 0 bridgehead atoms. The second-order valence-corrected chi connectivity index (χ2v) is 6.08. The van der Waals surface area contributed by atoms with E-state index in [4.69, 9.17) is 0 Å². The highest BCUT2D eigenvalue weighted by molar-refractivity contribution is 14.1. The summed E-state index contributed by atoms with van der Waals surface area (Å²) in [4.78, 5) is 0. The molecule has 4 heteroatoms. The fourth-order valence-electron chi connectivity index (χ4n) is 2.32. The van der Waals surface area contributed by atoms with Gasteiger partial charge in [0.15, 0.2) is 0 Å². The summed E-state index contributed by atoms with van der Waals surface area (Å²) in [5.74, 6) is 0.950. The SMILES string of the molecule is CCCC(CS)(CCC)Cn1cc(I)cn1. The average Bonchev–Trinajstić information content (AvgIpc) is 2.64. The van der Waals surface area contributed by atoms with Crippen LogP contribution in [0.15, 0.2) is 12.4 Å². The molecule has 0 atom stereocenters. The van der Waals surface area contributed by atoms with Gasteiger partial charge in [-0.2, -0.15) is 17.7 Å². The van der Waals surface area contributed by atoms with Crippen molar-refractivity contribution in [2.24, 2.45) is 5.41 Å². The lowest BCUT2D eigenvalue weighted by Gasteiger charge is -2.31. The lowest BCUT2D eigenvalue weighted by Crippen LogP contribution is -2.29. The van der Waals surface area contributed by atoms with Crippen molar-refractivity contribution in [2.45, 2.75) is 46.1 Å². The van der Waals surface area contributed by atoms with Crippen LogP contribution >= 0.6 is 35.2 Å². The molecule has 92 valence electrons. The third kappa shape index (κ3) is 3.95. The van der Waals surface area contributed by atoms with Gasteiger partial charge in [0.25, 0.3) is 0 Å². The molecule has 16 heavy (non-hydrogen) atoms. The van der Waals surface area contributed by atoms with Crippen molar-refractivity contribution in [1.29, 1.82) is 0 Å². The van der Waals surface area contributed by atoms with Crippen LogP contribution in [0.25, 0.3) is 0 Å². The first-order valence-corrected chi connectivity index (χ1v) is 7.65. The summed E-state index contributed by atoms with van der Waals surface area (Å²) in [6.45, 7) is 5.50. The number of thiol groups is 1. The van der Waals surface area contributed by atoms with Crippen LogP contribution in [0.4, 0.5) is 0 Å². The Labute approximate surface area is 118 Å². The summed E-state index contributed by atoms with van der Waals surface area (Å²) in [6, 6.07) is 0. The van der Waals surface area contributed by atoms with Gasteiger partial charge in [-0.25, -0.2) is 0 Å². The molecule has 0 aromatic carbocycles. The lowest BCUT2D eigenvalue weighted by atomic mass is 9.81. The van der Waals surface area contributed by atoms with Gasteiger partial charge in [0, 0.05) is 12.7 Å². The largest absolute Gasteiger partial charge is 0.271 e. The maximum absolute atomic E-state index is 4.56. The van der Waals surface area contributed by atoms with E-state index in [2.05, 4.69) is 65.0 Å². The number of rotatable bonds is 7. The summed E-state index contributed by atoms with van der Waals surface area (Å²) in [5, 5.41) is 4.39. The molecule has 0 fully saturated rings. The smallest absolute Gasteiger partial charge is 0.0623 e. The lowest BCUT2D eigenvalue weighted by molar-refractivity contribution is 0.222. The normalized spacial score (nSPS) is 12.0. The molecule has 2 nitrogen and oxygen atoms in total. The van der Waals surface area contributed by atoms with E-state index >= 15 is 0 Å². The van der Waals surface area contributed by atoms with Crippen molar-refractivity contribution in [1.82, 2.24) is 9.78 Å². The van der Waals surface area contributed by atoms with Crippen molar-refractivity contribution in [3.8, 4) is 0 Å². The van der Waals surface area contributed by atoms with Crippen molar-refractivity contribution in [2.75, 3.05) is 5.75 Å². The summed E-state index contributed by atoms with van der Waals surface area (Å²) < 4.78 is 3.28. The Morgan fingerprint density at radius 2 is 2.00 bits per heavy atom. The second kappa shape index (κ2) is 6.89. The third-order valence-corrected chi connectivity index (χ3v) is 4.22. The fraction of sp³-hybridized carbons (Fsp3) is 0.750. The van der Waals surface area contributed by atoms with Gasteiger partial charge >= 0.3 is 0 Å². The van der Waals surface area contributed by atoms with Crippen LogP contribution in [0.1, 0.15) is 39.5 Å². The van der Waals surface area contributed by atoms with Crippen molar-refractivity contribution < 1.29 is 0 Å². The Bertz CT molecular complexity index is 306. The van der Waals surface area contributed by atoms with Crippen LogP contribution in [0.3, 0.4) is 0 Å². The molecule has 0 saturated carbocycles. The molecule has 0 spiro atoms. The van der Waals surface area contributed by atoms with E-state index in [-0.39, 0.29) is 0 Å². The van der Waals surface area contributed by atoms with Gasteiger partial charge in [0.05, 0.1) is 9.77 Å². The first-order valence-electron chi connectivity index (χ1n) is 5.94. The van der Waals surface area contributed by atoms with Gasteiger partial charge in [0.2, 0.25) is 0 Å². The van der Waals surface area contributed by atoms with Crippen molar-refractivity contribution in [3.63, 3.8) is 0 Å². The van der Waals surface area contributed by atoms with Crippen LogP contribution in [0.5, 0.6) is 0 Å². The summed E-state index contributed by atoms with van der Waals surface area (Å²) in [5.41, 5.74) is 0.321. The van der Waals surface area contributed by atoms with Gasteiger partial charge in [-0.15, -0.1) is 0 Å². The molecule has 0 saturated heterocycles. The maximum Gasteiger partial charge on any atom is 0.0623 e. The highest BCUT2D eigenvalue weighted by Gasteiger charge is 2.27. The van der Waals surface area contributed by atoms with Gasteiger partial charge in [0.1, 0.15) is 0 Å². The van der Waals surface area contributed by atoms with Crippen molar-refractivity contribution >= 4 is 35.2 Å². The molecule has 0 N–H and O–H groups in total. The van der Waals surface area contributed by atoms with E-state index < -0.39 is 0 Å². The van der Waals surface area contributed by atoms with E-state index in [1.54, 1.807) is 0 Å². The highest BCUT2D eigenvalue weighted by atomic mass is 127. The Hall–Kier alpha value is 0.290. The average molecular weight is 352 g/mol. The minimum atomic E-state index is 0.321. The number of halogens is 1. The predicted molar refractivity (Wildman–Crippen MR) is 81.0 cm³/mol. The number of hydrogen-bond donors (Lipinski definition) is 1. The standard InChI is InChI=1S/C12H21IN2S/c1-3-5-12(10-16,6-4-2)9-15-8-11(13)7-14-15/h7-8,16H,3-6,9-10H2,1-2H3. The minimum absolute atomic E-state index is 0.321. The highest BCUT2D eigenvalue weighted by Crippen LogP contribution is 2.33. The molecule has 1 aromatic rings. The van der Waals surface area contributed by atoms with Crippen LogP contribution < -0.4 is 0 Å². The van der Waals surface area contributed by atoms with Gasteiger partial charge < -0.3 is 0 Å². The molecule has 1 rings (SSSR count). The molecule has 0 aliphatic carbocycles. The molecular formula is C12H21IN2S. The topological polar surface area (TPSA) is 17.8 Å². The number of aromatic nitrogens is 2. The van der Waals surface area contributed by atoms with Crippen LogP contribution in [0, 0.1) is 8.99 Å². The molecule has 0 aliphatic heterocycles. The predicted octanol–water partition coefficient (Wildman–Crippen LogP) is 4.00. The zero-order valence-corrected chi connectivity index (χ0v) is 13.2. The zero-order chi connectivity index (χ0) is 12.0. The van der Waals surface area contributed by atoms with E-state index in [1.807, 2.05) is 6.20 Å². The first kappa shape index (κ1) is 14.4. The minimum Gasteiger partial charge on any atom is -0.271 e. The van der Waals surface area contributed by atoms with Gasteiger partial charge in [-0.05, 0) is 46.6 Å². The first-order chi connectivity index (χ1) is 7.65. The summed E-state index contributed by atoms with van der Waals surface area (Å²) in [7, 11) is 0. The Kier molecular flexibility index (Phi) is 6.18. The van der Waals surface area contributed by atoms with E-state index in [0.29, 0.717) is 5.41 Å². The summed E-state index contributed by atoms with van der Waals surface area (Å²) >= 11 is 6.87. The van der Waals surface area contributed by atoms with Crippen molar-refractivity contribution in [3.05, 3.63) is 16.0 Å². The van der Waals surface area contributed by atoms with Gasteiger partial charge in [-0.1, -0.05) is 26.7 Å². The molecular weight excluding hydrogens is 331 g/mol. The molecule has 0 radical (unpaired) electrons. The second-order valence-electron chi connectivity index (χ2n) is 4.51. The molecule has 1 heterocycles. The van der Waals surface area contributed by atoms with E-state index in [9.17, 15) is 0 Å². The Balaban J connectivity index is 2.75. The van der Waals surface area contributed by atoms with Gasteiger partial charge in [-0.3, -0.25) is 4.68 Å². The maximum atomic E-state index is 4.56. The van der Waals surface area contributed by atoms with Crippen LogP contribution in [0.2, 0.25) is 0 Å². The van der Waals surface area contributed by atoms with Crippen LogP contribution in [-0.2, 0) is 6.54 Å². The molecule has 1 aromatic heterocycles. The number of nitrogens with zero attached hydrogens (tertiary/aromatic N) is 2. The quantitative estimate of drug-likeness (QED) is 0.580. The van der Waals surface area contributed by atoms with E-state index in [1.165, 1.54) is 29.3 Å². The third-order valence-electron chi connectivity index (χ3n) is 3.00.